The highest BCUT2D eigenvalue weighted by Gasteiger charge is 2.25. The van der Waals surface area contributed by atoms with Gasteiger partial charge in [-0.2, -0.15) is 0 Å². The first-order valence-corrected chi connectivity index (χ1v) is 5.84. The lowest BCUT2D eigenvalue weighted by Gasteiger charge is -2.32. The highest BCUT2D eigenvalue weighted by molar-refractivity contribution is 5.77. The molecule has 0 radical (unpaired) electrons. The first-order valence-electron chi connectivity index (χ1n) is 5.84. The summed E-state index contributed by atoms with van der Waals surface area (Å²) in [6.07, 6.45) is 5.40. The van der Waals surface area contributed by atoms with Gasteiger partial charge in [0.05, 0.1) is 0 Å². The number of piperidine rings is 1. The van der Waals surface area contributed by atoms with Crippen molar-refractivity contribution in [1.29, 1.82) is 0 Å². The number of methoxy groups -OCH3 is 1. The van der Waals surface area contributed by atoms with Crippen LogP contribution in [0.3, 0.4) is 0 Å². The number of aromatic nitrogens is 2. The van der Waals surface area contributed by atoms with E-state index in [0.29, 0.717) is 5.92 Å². The highest BCUT2D eigenvalue weighted by Crippen LogP contribution is 2.24. The lowest BCUT2D eigenvalue weighted by Crippen LogP contribution is -2.41. The molecule has 1 saturated heterocycles. The van der Waals surface area contributed by atoms with Crippen LogP contribution < -0.4 is 0 Å². The molecule has 1 atom stereocenters. The molecule has 2 rings (SSSR count). The zero-order chi connectivity index (χ0) is 12.1. The summed E-state index contributed by atoms with van der Waals surface area (Å²) in [5.41, 5.74) is 1.02. The number of carbonyl (C=O) groups is 1. The van der Waals surface area contributed by atoms with Gasteiger partial charge in [0.2, 0.25) is 5.91 Å². The molecule has 5 heteroatoms. The molecule has 1 unspecified atom stereocenters. The molecule has 1 aromatic heterocycles. The Labute approximate surface area is 101 Å². The number of rotatable bonds is 3. The van der Waals surface area contributed by atoms with E-state index in [4.69, 9.17) is 4.74 Å². The molecule has 92 valence electrons. The fourth-order valence-electron chi connectivity index (χ4n) is 2.20. The van der Waals surface area contributed by atoms with Crippen molar-refractivity contribution >= 4 is 5.91 Å². The van der Waals surface area contributed by atoms with Crippen molar-refractivity contribution in [1.82, 2.24) is 14.9 Å². The van der Waals surface area contributed by atoms with Gasteiger partial charge in [-0.1, -0.05) is 0 Å². The Morgan fingerprint density at radius 2 is 2.53 bits per heavy atom. The molecule has 5 nitrogen and oxygen atoms in total. The first kappa shape index (κ1) is 12.0. The summed E-state index contributed by atoms with van der Waals surface area (Å²) in [6.45, 7) is 1.72. The van der Waals surface area contributed by atoms with Gasteiger partial charge in [0.25, 0.3) is 0 Å². The summed E-state index contributed by atoms with van der Waals surface area (Å²) < 4.78 is 4.88. The van der Waals surface area contributed by atoms with Crippen molar-refractivity contribution < 1.29 is 9.53 Å². The van der Waals surface area contributed by atoms with Crippen LogP contribution in [0.25, 0.3) is 0 Å². The van der Waals surface area contributed by atoms with Crippen molar-refractivity contribution in [2.75, 3.05) is 26.8 Å². The minimum Gasteiger partial charge on any atom is -0.375 e. The number of ether oxygens (including phenoxy) is 1. The third kappa shape index (κ3) is 3.00. The number of carbonyl (C=O) groups excluding carboxylic acids is 1. The van der Waals surface area contributed by atoms with E-state index >= 15 is 0 Å². The van der Waals surface area contributed by atoms with Gasteiger partial charge >= 0.3 is 0 Å². The summed E-state index contributed by atoms with van der Waals surface area (Å²) in [5.74, 6) is 0.388. The molecule has 1 aromatic rings. The Hall–Kier alpha value is -1.49. The Morgan fingerprint density at radius 3 is 3.24 bits per heavy atom. The molecule has 0 spiro atoms. The second-order valence-corrected chi connectivity index (χ2v) is 4.25. The standard InChI is InChI=1S/C12H17N3O2/c1-17-8-12(16)15-6-2-3-10(7-15)11-4-5-13-9-14-11/h4-5,9-10H,2-3,6-8H2,1H3. The number of likely N-dealkylation sites (tertiary alicyclic amines) is 1. The van der Waals surface area contributed by atoms with Crippen molar-refractivity contribution in [3.8, 4) is 0 Å². The number of amides is 1. The van der Waals surface area contributed by atoms with Crippen molar-refractivity contribution in [2.45, 2.75) is 18.8 Å². The zero-order valence-electron chi connectivity index (χ0n) is 10.0. The van der Waals surface area contributed by atoms with E-state index in [2.05, 4.69) is 9.97 Å². The Bertz CT molecular complexity index is 369. The van der Waals surface area contributed by atoms with E-state index in [9.17, 15) is 4.79 Å². The number of hydrogen-bond donors (Lipinski definition) is 0. The maximum absolute atomic E-state index is 11.7. The van der Waals surface area contributed by atoms with Gasteiger partial charge < -0.3 is 9.64 Å². The molecule has 0 saturated carbocycles. The normalized spacial score (nSPS) is 20.3. The highest BCUT2D eigenvalue weighted by atomic mass is 16.5. The molecule has 1 fully saturated rings. The Morgan fingerprint density at radius 1 is 1.65 bits per heavy atom. The van der Waals surface area contributed by atoms with Gasteiger partial charge in [0, 0.05) is 38.0 Å². The number of nitrogens with zero attached hydrogens (tertiary/aromatic N) is 3. The molecule has 1 amide bonds. The molecule has 0 aliphatic carbocycles. The quantitative estimate of drug-likeness (QED) is 0.778. The zero-order valence-corrected chi connectivity index (χ0v) is 10.0. The maximum Gasteiger partial charge on any atom is 0.248 e. The smallest absolute Gasteiger partial charge is 0.248 e. The van der Waals surface area contributed by atoms with Crippen molar-refractivity contribution in [3.63, 3.8) is 0 Å². The first-order chi connectivity index (χ1) is 8.31. The summed E-state index contributed by atoms with van der Waals surface area (Å²) in [5, 5.41) is 0. The third-order valence-corrected chi connectivity index (χ3v) is 3.07. The monoisotopic (exact) mass is 235 g/mol. The van der Waals surface area contributed by atoms with Gasteiger partial charge in [0.1, 0.15) is 12.9 Å². The van der Waals surface area contributed by atoms with Crippen molar-refractivity contribution in [3.05, 3.63) is 24.3 Å². The fraction of sp³-hybridized carbons (Fsp3) is 0.583. The van der Waals surface area contributed by atoms with Crippen LogP contribution >= 0.6 is 0 Å². The third-order valence-electron chi connectivity index (χ3n) is 3.07. The number of hydrogen-bond acceptors (Lipinski definition) is 4. The summed E-state index contributed by atoms with van der Waals surface area (Å²) in [7, 11) is 1.55. The van der Waals surface area contributed by atoms with Gasteiger partial charge in [-0.15, -0.1) is 0 Å². The van der Waals surface area contributed by atoms with E-state index < -0.39 is 0 Å². The average molecular weight is 235 g/mol. The maximum atomic E-state index is 11.7. The van der Waals surface area contributed by atoms with Crippen LogP contribution in [-0.4, -0.2) is 47.6 Å². The molecule has 1 aliphatic heterocycles. The van der Waals surface area contributed by atoms with Crippen LogP contribution in [0.4, 0.5) is 0 Å². The van der Waals surface area contributed by atoms with E-state index in [1.807, 2.05) is 11.0 Å². The van der Waals surface area contributed by atoms with Crippen LogP contribution in [-0.2, 0) is 9.53 Å². The van der Waals surface area contributed by atoms with Gasteiger partial charge in [-0.05, 0) is 18.9 Å². The largest absolute Gasteiger partial charge is 0.375 e. The molecule has 0 aromatic carbocycles. The molecular formula is C12H17N3O2. The predicted octanol–water partition coefficient (Wildman–Crippen LogP) is 0.829. The molecule has 0 N–H and O–H groups in total. The molecular weight excluding hydrogens is 218 g/mol. The van der Waals surface area contributed by atoms with Crippen LogP contribution in [0.2, 0.25) is 0 Å². The van der Waals surface area contributed by atoms with Crippen LogP contribution in [0.5, 0.6) is 0 Å². The van der Waals surface area contributed by atoms with Crippen molar-refractivity contribution in [2.24, 2.45) is 0 Å². The summed E-state index contributed by atoms with van der Waals surface area (Å²) in [6, 6.07) is 1.93. The molecule has 17 heavy (non-hydrogen) atoms. The minimum absolute atomic E-state index is 0.0613. The molecule has 1 aliphatic rings. The van der Waals surface area contributed by atoms with Crippen LogP contribution in [0.15, 0.2) is 18.6 Å². The van der Waals surface area contributed by atoms with E-state index in [-0.39, 0.29) is 12.5 Å². The second-order valence-electron chi connectivity index (χ2n) is 4.25. The second kappa shape index (κ2) is 5.72. The SMILES string of the molecule is COCC(=O)N1CCCC(c2ccncn2)C1. The Balaban J connectivity index is 2.00. The van der Waals surface area contributed by atoms with Crippen LogP contribution in [0.1, 0.15) is 24.5 Å². The summed E-state index contributed by atoms with van der Waals surface area (Å²) >= 11 is 0. The lowest BCUT2D eigenvalue weighted by atomic mass is 9.94. The average Bonchev–Trinajstić information content (AvgIpc) is 2.40. The molecule has 0 bridgehead atoms. The van der Waals surface area contributed by atoms with Crippen LogP contribution in [0, 0.1) is 0 Å². The fourth-order valence-corrected chi connectivity index (χ4v) is 2.20. The lowest BCUT2D eigenvalue weighted by molar-refractivity contribution is -0.136. The van der Waals surface area contributed by atoms with Gasteiger partial charge in [-0.25, -0.2) is 9.97 Å². The topological polar surface area (TPSA) is 55.3 Å². The van der Waals surface area contributed by atoms with E-state index in [1.165, 1.54) is 0 Å². The Kier molecular flexibility index (Phi) is 4.03. The summed E-state index contributed by atoms with van der Waals surface area (Å²) in [4.78, 5) is 21.8. The molecule has 2 heterocycles. The van der Waals surface area contributed by atoms with Gasteiger partial charge in [-0.3, -0.25) is 4.79 Å². The minimum atomic E-state index is 0.0613. The van der Waals surface area contributed by atoms with Gasteiger partial charge in [0.15, 0.2) is 0 Å². The van der Waals surface area contributed by atoms with E-state index in [1.54, 1.807) is 19.6 Å². The van der Waals surface area contributed by atoms with E-state index in [0.717, 1.165) is 31.6 Å². The predicted molar refractivity (Wildman–Crippen MR) is 62.5 cm³/mol.